The van der Waals surface area contributed by atoms with Crippen molar-refractivity contribution in [1.29, 1.82) is 15.8 Å². The van der Waals surface area contributed by atoms with Gasteiger partial charge in [-0.25, -0.2) is 0 Å². The van der Waals surface area contributed by atoms with Crippen LogP contribution in [-0.4, -0.2) is 15.2 Å². The number of fused-ring (bicyclic) bond motifs is 6. The Morgan fingerprint density at radius 3 is 1.92 bits per heavy atom. The minimum absolute atomic E-state index is 0.267. The van der Waals surface area contributed by atoms with Crippen LogP contribution in [0.15, 0.2) is 145 Å². The maximum absolute atomic E-state index is 9.85. The summed E-state index contributed by atoms with van der Waals surface area (Å²) in [6.07, 6.45) is 10.3. The fourth-order valence-corrected chi connectivity index (χ4v) is 7.05. The first kappa shape index (κ1) is 30.1. The van der Waals surface area contributed by atoms with Crippen molar-refractivity contribution >= 4 is 55.1 Å². The Morgan fingerprint density at radius 2 is 1.30 bits per heavy atom. The molecule has 8 rings (SSSR count). The molecule has 5 aromatic carbocycles. The van der Waals surface area contributed by atoms with Crippen molar-refractivity contribution in [2.45, 2.75) is 12.6 Å². The number of nitriles is 3. The second kappa shape index (κ2) is 12.4. The van der Waals surface area contributed by atoms with Crippen LogP contribution in [0, 0.1) is 34.0 Å². The normalized spacial score (nSPS) is 14.7. The van der Waals surface area contributed by atoms with Crippen LogP contribution in [0.1, 0.15) is 22.3 Å². The second-order valence-electron chi connectivity index (χ2n) is 12.2. The van der Waals surface area contributed by atoms with Gasteiger partial charge in [-0.15, -0.1) is 0 Å². The van der Waals surface area contributed by atoms with Crippen molar-refractivity contribution in [2.75, 3.05) is 0 Å². The van der Waals surface area contributed by atoms with Crippen molar-refractivity contribution in [1.82, 2.24) is 14.5 Å². The molecule has 7 aromatic rings. The average molecular weight is 644 g/mol. The Hall–Kier alpha value is -7.27. The number of hydrogen-bond donors (Lipinski definition) is 2. The monoisotopic (exact) mass is 643 g/mol. The molecule has 7 heteroatoms. The van der Waals surface area contributed by atoms with Gasteiger partial charge < -0.3 is 15.6 Å². The number of benzene rings is 5. The van der Waals surface area contributed by atoms with E-state index in [0.29, 0.717) is 29.1 Å². The van der Waals surface area contributed by atoms with Gasteiger partial charge in [-0.1, -0.05) is 72.8 Å². The van der Waals surface area contributed by atoms with E-state index in [4.69, 9.17) is 5.73 Å². The molecule has 7 nitrogen and oxygen atoms in total. The van der Waals surface area contributed by atoms with Crippen molar-refractivity contribution in [3.05, 3.63) is 167 Å². The van der Waals surface area contributed by atoms with Crippen molar-refractivity contribution < 1.29 is 0 Å². The summed E-state index contributed by atoms with van der Waals surface area (Å²) in [5.74, 6) is 0.567. The van der Waals surface area contributed by atoms with Gasteiger partial charge >= 0.3 is 0 Å². The summed E-state index contributed by atoms with van der Waals surface area (Å²) in [7, 11) is 0. The summed E-state index contributed by atoms with van der Waals surface area (Å²) >= 11 is 0. The minimum Gasteiger partial charge on any atom is -0.385 e. The van der Waals surface area contributed by atoms with Gasteiger partial charge in [0.25, 0.3) is 0 Å². The second-order valence-corrected chi connectivity index (χ2v) is 12.2. The zero-order chi connectivity index (χ0) is 34.2. The summed E-state index contributed by atoms with van der Waals surface area (Å²) in [6.45, 7) is 0.490. The average Bonchev–Trinajstić information content (AvgIpc) is 3.68. The maximum Gasteiger partial charge on any atom is 0.108 e. The number of aromatic nitrogens is 2. The first-order valence-corrected chi connectivity index (χ1v) is 16.2. The van der Waals surface area contributed by atoms with E-state index in [-0.39, 0.29) is 6.04 Å². The highest BCUT2D eigenvalue weighted by molar-refractivity contribution is 6.10. The lowest BCUT2D eigenvalue weighted by Crippen LogP contribution is -2.30. The van der Waals surface area contributed by atoms with E-state index in [0.717, 1.165) is 60.4 Å². The molecule has 0 saturated heterocycles. The number of dihydropyridines is 1. The van der Waals surface area contributed by atoms with Gasteiger partial charge in [0.05, 0.1) is 52.0 Å². The summed E-state index contributed by atoms with van der Waals surface area (Å²) in [4.78, 5) is 0. The van der Waals surface area contributed by atoms with Gasteiger partial charge in [-0.2, -0.15) is 15.8 Å². The van der Waals surface area contributed by atoms with Crippen molar-refractivity contribution in [3.8, 4) is 18.2 Å². The Balaban J connectivity index is 1.29. The third kappa shape index (κ3) is 5.06. The van der Waals surface area contributed by atoms with E-state index in [1.54, 1.807) is 0 Å². The molecule has 2 aromatic heterocycles. The zero-order valence-electron chi connectivity index (χ0n) is 26.9. The van der Waals surface area contributed by atoms with E-state index >= 15 is 0 Å². The molecule has 0 spiro atoms. The van der Waals surface area contributed by atoms with Gasteiger partial charge in [0.2, 0.25) is 0 Å². The molecule has 0 radical (unpaired) electrons. The van der Waals surface area contributed by atoms with Crippen LogP contribution in [0.2, 0.25) is 0 Å². The van der Waals surface area contributed by atoms with E-state index in [1.807, 2.05) is 103 Å². The lowest BCUT2D eigenvalue weighted by atomic mass is 9.98. The lowest BCUT2D eigenvalue weighted by molar-refractivity contribution is 0.799. The molecular formula is C43H29N7. The molecule has 3 N–H and O–H groups in total. The molecule has 50 heavy (non-hydrogen) atoms. The fourth-order valence-electron chi connectivity index (χ4n) is 7.05. The third-order valence-electron chi connectivity index (χ3n) is 9.36. The van der Waals surface area contributed by atoms with Crippen molar-refractivity contribution in [2.24, 2.45) is 5.73 Å². The third-order valence-corrected chi connectivity index (χ3v) is 9.36. The number of nitrogens with two attached hydrogens (primary N) is 1. The molecule has 0 saturated carbocycles. The van der Waals surface area contributed by atoms with Crippen LogP contribution < -0.4 is 11.1 Å². The molecule has 0 amide bonds. The van der Waals surface area contributed by atoms with Crippen molar-refractivity contribution in [3.63, 3.8) is 0 Å². The van der Waals surface area contributed by atoms with E-state index < -0.39 is 0 Å². The SMILES string of the molecule is N#Cc1ccc2c(c1)c1cc(C#N)ccc1n2CC=C(C=C(N)n1c2ccccc2c2ccccc21)C1C=CC=C(c2ccccc2C#N)N1. The number of rotatable bonds is 6. The molecule has 3 heterocycles. The zero-order valence-corrected chi connectivity index (χ0v) is 26.9. The molecule has 0 fully saturated rings. The van der Waals surface area contributed by atoms with Gasteiger partial charge in [-0.3, -0.25) is 4.57 Å². The van der Waals surface area contributed by atoms with Crippen LogP contribution in [0.5, 0.6) is 0 Å². The van der Waals surface area contributed by atoms with E-state index in [9.17, 15) is 15.8 Å². The Bertz CT molecular complexity index is 2640. The predicted molar refractivity (Wildman–Crippen MR) is 200 cm³/mol. The first-order chi connectivity index (χ1) is 24.6. The lowest BCUT2D eigenvalue weighted by Gasteiger charge is -2.24. The summed E-state index contributed by atoms with van der Waals surface area (Å²) in [6, 6.07) is 42.0. The first-order valence-electron chi connectivity index (χ1n) is 16.2. The number of nitrogens with zero attached hydrogens (tertiary/aromatic N) is 5. The minimum atomic E-state index is -0.267. The molecule has 1 unspecified atom stereocenters. The van der Waals surface area contributed by atoms with Crippen LogP contribution in [0.25, 0.3) is 55.1 Å². The quantitative estimate of drug-likeness (QED) is 0.176. The van der Waals surface area contributed by atoms with Gasteiger partial charge in [0.1, 0.15) is 5.82 Å². The van der Waals surface area contributed by atoms with Gasteiger partial charge in [-0.05, 0) is 72.3 Å². The topological polar surface area (TPSA) is 119 Å². The highest BCUT2D eigenvalue weighted by atomic mass is 15.1. The van der Waals surface area contributed by atoms with E-state index in [1.165, 1.54) is 0 Å². The van der Waals surface area contributed by atoms with E-state index in [2.05, 4.69) is 69.1 Å². The smallest absolute Gasteiger partial charge is 0.108 e. The van der Waals surface area contributed by atoms with Gasteiger partial charge in [0, 0.05) is 50.4 Å². The molecule has 236 valence electrons. The highest BCUT2D eigenvalue weighted by Gasteiger charge is 2.19. The molecule has 0 aliphatic carbocycles. The largest absolute Gasteiger partial charge is 0.385 e. The van der Waals surface area contributed by atoms with Crippen LogP contribution in [0.4, 0.5) is 0 Å². The number of hydrogen-bond acceptors (Lipinski definition) is 5. The molecule has 1 aliphatic heterocycles. The van der Waals surface area contributed by atoms with Crippen LogP contribution in [0.3, 0.4) is 0 Å². The Morgan fingerprint density at radius 1 is 0.700 bits per heavy atom. The molecule has 0 bridgehead atoms. The Labute approximate surface area is 288 Å². The molecule has 1 atom stereocenters. The standard InChI is InChI=1S/C43H29N7/c44-25-28-16-18-39-35(22-28)36-23-29(26-45)17-19-40(36)49(39)21-20-30(37-12-7-13-38(48-37)32-9-2-1-8-31(32)27-46)24-43(47)50-41-14-5-3-10-33(41)34-11-4-6-15-42(34)50/h1-20,22-24,37,48H,21,47H2. The molecule has 1 aliphatic rings. The number of nitrogens with one attached hydrogen (secondary N) is 1. The Kier molecular flexibility index (Phi) is 7.46. The fraction of sp³-hybridized carbons (Fsp3) is 0.0465. The summed E-state index contributed by atoms with van der Waals surface area (Å²) in [5.41, 5.74) is 15.3. The summed E-state index contributed by atoms with van der Waals surface area (Å²) in [5, 5.41) is 36.9. The summed E-state index contributed by atoms with van der Waals surface area (Å²) < 4.78 is 4.30. The number of para-hydroxylation sites is 2. The number of allylic oxidation sites excluding steroid dienone is 3. The molecular weight excluding hydrogens is 615 g/mol. The predicted octanol–water partition coefficient (Wildman–Crippen LogP) is 8.47. The maximum atomic E-state index is 9.85. The van der Waals surface area contributed by atoms with Gasteiger partial charge in [0.15, 0.2) is 0 Å². The van der Waals surface area contributed by atoms with Crippen LogP contribution >= 0.6 is 0 Å². The highest BCUT2D eigenvalue weighted by Crippen LogP contribution is 2.33. The van der Waals surface area contributed by atoms with Crippen LogP contribution in [-0.2, 0) is 6.54 Å².